The summed E-state index contributed by atoms with van der Waals surface area (Å²) in [7, 11) is 3.81. The van der Waals surface area contributed by atoms with Gasteiger partial charge in [0, 0.05) is 0 Å². The number of nitro groups is 2. The van der Waals surface area contributed by atoms with Gasteiger partial charge in [0.25, 0.3) is 0 Å². The van der Waals surface area contributed by atoms with Gasteiger partial charge in [-0.2, -0.15) is 5.43 Å². The van der Waals surface area contributed by atoms with Crippen molar-refractivity contribution in [1.29, 1.82) is 0 Å². The molecule has 0 aromatic heterocycles. The first-order valence-corrected chi connectivity index (χ1v) is 11.9. The van der Waals surface area contributed by atoms with E-state index >= 15 is 0 Å². The van der Waals surface area contributed by atoms with Crippen molar-refractivity contribution in [3.05, 3.63) is 111 Å². The highest BCUT2D eigenvalue weighted by Crippen LogP contribution is 2.46. The minimum Gasteiger partial charge on any atom is -0.493 e. The summed E-state index contributed by atoms with van der Waals surface area (Å²) in [4.78, 5) is 34.9. The number of esters is 1. The Balaban J connectivity index is 1.84. The topological polar surface area (TPSA) is 158 Å². The number of nitro benzene ring substituents is 2. The first-order chi connectivity index (χ1) is 19.8. The van der Waals surface area contributed by atoms with Crippen molar-refractivity contribution in [2.75, 3.05) is 26.3 Å². The lowest BCUT2D eigenvalue weighted by atomic mass is 10.1. The molecule has 13 heteroatoms. The molecule has 0 fully saturated rings. The number of benzene rings is 4. The summed E-state index contributed by atoms with van der Waals surface area (Å²) in [6.45, 7) is 0. The van der Waals surface area contributed by atoms with Gasteiger partial charge in [-0.05, 0) is 36.4 Å². The molecule has 0 saturated carbocycles. The van der Waals surface area contributed by atoms with Crippen LogP contribution >= 0.6 is 0 Å². The van der Waals surface area contributed by atoms with E-state index < -0.39 is 32.9 Å². The molecule has 1 radical (unpaired) electrons. The molecule has 0 bridgehead atoms. The van der Waals surface area contributed by atoms with E-state index in [0.717, 1.165) is 12.1 Å². The van der Waals surface area contributed by atoms with Gasteiger partial charge >= 0.3 is 17.3 Å². The highest BCUT2D eigenvalue weighted by Gasteiger charge is 2.32. The summed E-state index contributed by atoms with van der Waals surface area (Å²) >= 11 is 0. The van der Waals surface area contributed by atoms with Crippen LogP contribution in [0.4, 0.5) is 28.4 Å². The molecule has 0 heterocycles. The van der Waals surface area contributed by atoms with E-state index in [2.05, 4.69) is 5.43 Å². The van der Waals surface area contributed by atoms with E-state index in [4.69, 9.17) is 18.9 Å². The largest absolute Gasteiger partial charge is 0.493 e. The van der Waals surface area contributed by atoms with Gasteiger partial charge in [-0.25, -0.2) is 9.80 Å². The molecule has 0 amide bonds. The fourth-order valence-electron chi connectivity index (χ4n) is 3.86. The summed E-state index contributed by atoms with van der Waals surface area (Å²) in [5.41, 5.74) is 3.64. The van der Waals surface area contributed by atoms with Crippen LogP contribution in [-0.2, 0) is 4.74 Å². The summed E-state index contributed by atoms with van der Waals surface area (Å²) in [6, 6.07) is 22.0. The van der Waals surface area contributed by atoms with Gasteiger partial charge in [-0.3, -0.25) is 20.2 Å². The van der Waals surface area contributed by atoms with E-state index in [1.54, 1.807) is 60.7 Å². The fraction of sp³-hybridized carbons (Fsp3) is 0.107. The Morgan fingerprint density at radius 3 is 1.61 bits per heavy atom. The number of rotatable bonds is 11. The van der Waals surface area contributed by atoms with E-state index in [1.807, 2.05) is 0 Å². The van der Waals surface area contributed by atoms with Gasteiger partial charge in [0.05, 0.1) is 60.2 Å². The summed E-state index contributed by atoms with van der Waals surface area (Å²) in [5, 5.41) is 25.8. The Labute approximate surface area is 233 Å². The van der Waals surface area contributed by atoms with Gasteiger partial charge in [0.2, 0.25) is 11.4 Å². The zero-order valence-electron chi connectivity index (χ0n) is 22.0. The van der Waals surface area contributed by atoms with Crippen molar-refractivity contribution in [3.8, 4) is 23.0 Å². The molecule has 4 rings (SSSR count). The maximum absolute atomic E-state index is 12.2. The third-order valence-electron chi connectivity index (χ3n) is 5.74. The Kier molecular flexibility index (Phi) is 8.48. The summed E-state index contributed by atoms with van der Waals surface area (Å²) < 4.78 is 21.2. The number of carbonyl (C=O) groups excluding carboxylic acids is 1. The Morgan fingerprint density at radius 1 is 0.756 bits per heavy atom. The molecule has 209 valence electrons. The number of hydrogen-bond acceptors (Lipinski definition) is 10. The van der Waals surface area contributed by atoms with Crippen LogP contribution in [0, 0.1) is 20.2 Å². The van der Waals surface area contributed by atoms with Gasteiger partial charge < -0.3 is 18.9 Å². The third-order valence-corrected chi connectivity index (χ3v) is 5.74. The lowest BCUT2D eigenvalue weighted by Gasteiger charge is -2.23. The minimum atomic E-state index is -0.790. The first kappa shape index (κ1) is 28.2. The van der Waals surface area contributed by atoms with Crippen LogP contribution in [-0.4, -0.2) is 37.1 Å². The van der Waals surface area contributed by atoms with Crippen molar-refractivity contribution >= 4 is 34.4 Å². The number of anilines is 2. The molecule has 0 atom stereocenters. The number of hydrogen-bond donors (Lipinski definition) is 0. The maximum atomic E-state index is 12.2. The molecule has 41 heavy (non-hydrogen) atoms. The number of ether oxygens (including phenoxy) is 4. The molecule has 0 N–H and O–H groups in total. The fourth-order valence-corrected chi connectivity index (χ4v) is 3.86. The molecule has 0 aliphatic rings. The average molecular weight is 560 g/mol. The van der Waals surface area contributed by atoms with E-state index in [-0.39, 0.29) is 28.6 Å². The lowest BCUT2D eigenvalue weighted by Crippen LogP contribution is -2.24. The molecule has 4 aromatic rings. The quantitative estimate of drug-likeness (QED) is 0.120. The molecular weight excluding hydrogens is 536 g/mol. The number of nitrogens with zero attached hydrogens (tertiary/aromatic N) is 4. The summed E-state index contributed by atoms with van der Waals surface area (Å²) in [5.74, 6) is -0.986. The highest BCUT2D eigenvalue weighted by atomic mass is 16.6. The van der Waals surface area contributed by atoms with Crippen LogP contribution in [0.1, 0.15) is 10.4 Å². The predicted octanol–water partition coefficient (Wildman–Crippen LogP) is 6.09. The number of para-hydroxylation sites is 2. The van der Waals surface area contributed by atoms with Crippen molar-refractivity contribution < 1.29 is 33.6 Å². The average Bonchev–Trinajstić information content (AvgIpc) is 3.00. The maximum Gasteiger partial charge on any atom is 0.338 e. The Hall–Kier alpha value is -5.85. The van der Waals surface area contributed by atoms with Crippen molar-refractivity contribution in [2.24, 2.45) is 0 Å². The second-order valence-electron chi connectivity index (χ2n) is 8.21. The second kappa shape index (κ2) is 12.3. The van der Waals surface area contributed by atoms with Crippen molar-refractivity contribution in [3.63, 3.8) is 0 Å². The van der Waals surface area contributed by atoms with Crippen LogP contribution in [0.2, 0.25) is 0 Å². The van der Waals surface area contributed by atoms with Gasteiger partial charge in [0.1, 0.15) is 5.75 Å². The molecule has 0 unspecified atom stereocenters. The smallest absolute Gasteiger partial charge is 0.338 e. The number of methoxy groups -OCH3 is 3. The monoisotopic (exact) mass is 559 g/mol. The predicted molar refractivity (Wildman–Crippen MR) is 148 cm³/mol. The van der Waals surface area contributed by atoms with Gasteiger partial charge in [-0.15, -0.1) is 0 Å². The molecule has 0 aliphatic heterocycles. The van der Waals surface area contributed by atoms with Crippen LogP contribution < -0.4 is 24.6 Å². The van der Waals surface area contributed by atoms with Gasteiger partial charge in [-0.1, -0.05) is 36.4 Å². The van der Waals surface area contributed by atoms with Crippen LogP contribution in [0.3, 0.4) is 0 Å². The molecule has 13 nitrogen and oxygen atoms in total. The van der Waals surface area contributed by atoms with Crippen LogP contribution in [0.5, 0.6) is 23.0 Å². The first-order valence-electron chi connectivity index (χ1n) is 11.9. The number of carbonyl (C=O) groups is 1. The Bertz CT molecular complexity index is 1480. The standard InChI is InChI=1S/C28H23N4O9/c1-38-24-14-18(28(33)40-3)15-25(39-2)27(24)41-21-16-22(31(34)35)26(23(17-21)32(36)37)29-30(19-10-6-4-7-11-19)20-12-8-5-9-13-20/h4-17H,1-3H3. The highest BCUT2D eigenvalue weighted by molar-refractivity contribution is 5.91. The SMILES string of the molecule is COC(=O)c1cc(OC)c(Oc2cc([N+](=O)[O-])c([N]N(c3ccccc3)c3ccccc3)c([N+](=O)[O-])c2)c(OC)c1. The minimum absolute atomic E-state index is 0.0168. The molecule has 0 aliphatic carbocycles. The van der Waals surface area contributed by atoms with Crippen molar-refractivity contribution in [2.45, 2.75) is 0 Å². The zero-order chi connectivity index (χ0) is 29.5. The van der Waals surface area contributed by atoms with E-state index in [1.165, 1.54) is 38.5 Å². The molecule has 4 aromatic carbocycles. The second-order valence-corrected chi connectivity index (χ2v) is 8.21. The summed E-state index contributed by atoms with van der Waals surface area (Å²) in [6.07, 6.45) is 0. The lowest BCUT2D eigenvalue weighted by molar-refractivity contribution is -0.393. The van der Waals surface area contributed by atoms with E-state index in [0.29, 0.717) is 11.4 Å². The normalized spacial score (nSPS) is 10.3. The van der Waals surface area contributed by atoms with Crippen molar-refractivity contribution in [1.82, 2.24) is 5.43 Å². The van der Waals surface area contributed by atoms with Gasteiger partial charge in [0.15, 0.2) is 11.5 Å². The van der Waals surface area contributed by atoms with Crippen LogP contribution in [0.15, 0.2) is 84.9 Å². The van der Waals surface area contributed by atoms with E-state index in [9.17, 15) is 25.0 Å². The van der Waals surface area contributed by atoms with Crippen LogP contribution in [0.25, 0.3) is 0 Å². The third kappa shape index (κ3) is 6.09. The molecule has 0 spiro atoms. The zero-order valence-corrected chi connectivity index (χ0v) is 22.0. The molecular formula is C28H23N4O9. The molecule has 0 saturated heterocycles. The Morgan fingerprint density at radius 2 is 1.22 bits per heavy atom.